The standard InChI is InChI=1S/C17H24N4O4/c1-18-9-11-6-12(5-10(11)7-14(18)22)19(2)16(24)13-8-15(23)21(4)17(25)20(13)3/h8,10-12H,5-7,9H2,1-4H3/t10-,11+,12-/m0/s1. The van der Waals surface area contributed by atoms with Crippen molar-refractivity contribution in [2.75, 3.05) is 20.6 Å². The van der Waals surface area contributed by atoms with Crippen LogP contribution in [0.3, 0.4) is 0 Å². The molecule has 1 aromatic heterocycles. The molecule has 8 nitrogen and oxygen atoms in total. The SMILES string of the molecule is CN1C[C@H]2C[C@@H](N(C)C(=O)c3cc(=O)n(C)c(=O)n3C)C[C@H]2CC1=O. The van der Waals surface area contributed by atoms with Crippen LogP contribution in [0.4, 0.5) is 0 Å². The first-order valence-electron chi connectivity index (χ1n) is 8.49. The van der Waals surface area contributed by atoms with E-state index >= 15 is 0 Å². The number of nitrogens with zero attached hydrogens (tertiary/aromatic N) is 4. The maximum absolute atomic E-state index is 12.8. The lowest BCUT2D eigenvalue weighted by Crippen LogP contribution is -2.43. The summed E-state index contributed by atoms with van der Waals surface area (Å²) < 4.78 is 2.18. The molecule has 0 bridgehead atoms. The van der Waals surface area contributed by atoms with E-state index in [0.717, 1.165) is 24.0 Å². The van der Waals surface area contributed by atoms with Crippen LogP contribution in [0.5, 0.6) is 0 Å². The molecule has 0 N–H and O–H groups in total. The molecule has 3 rings (SSSR count). The van der Waals surface area contributed by atoms with Gasteiger partial charge in [-0.2, -0.15) is 0 Å². The number of hydrogen-bond donors (Lipinski definition) is 0. The lowest BCUT2D eigenvalue weighted by atomic mass is 9.88. The third-order valence-corrected chi connectivity index (χ3v) is 5.80. The fourth-order valence-corrected chi connectivity index (χ4v) is 4.09. The van der Waals surface area contributed by atoms with Crippen molar-refractivity contribution < 1.29 is 9.59 Å². The second-order valence-electron chi connectivity index (χ2n) is 7.31. The lowest BCUT2D eigenvalue weighted by molar-refractivity contribution is -0.134. The van der Waals surface area contributed by atoms with Crippen molar-refractivity contribution in [1.82, 2.24) is 18.9 Å². The van der Waals surface area contributed by atoms with E-state index in [0.29, 0.717) is 18.3 Å². The van der Waals surface area contributed by atoms with Crippen molar-refractivity contribution in [2.24, 2.45) is 25.9 Å². The highest BCUT2D eigenvalue weighted by atomic mass is 16.2. The molecule has 2 amide bonds. The van der Waals surface area contributed by atoms with Crippen LogP contribution in [0.2, 0.25) is 0 Å². The fourth-order valence-electron chi connectivity index (χ4n) is 4.09. The molecule has 1 saturated heterocycles. The topological polar surface area (TPSA) is 84.6 Å². The third kappa shape index (κ3) is 2.89. The predicted octanol–water partition coefficient (Wildman–Crippen LogP) is -0.587. The quantitative estimate of drug-likeness (QED) is 0.715. The van der Waals surface area contributed by atoms with Crippen molar-refractivity contribution in [3.05, 3.63) is 32.6 Å². The zero-order valence-electron chi connectivity index (χ0n) is 15.1. The summed E-state index contributed by atoms with van der Waals surface area (Å²) in [6.45, 7) is 0.729. The average molecular weight is 348 g/mol. The molecule has 8 heteroatoms. The lowest BCUT2D eigenvalue weighted by Gasteiger charge is -2.31. The number of hydrogen-bond acceptors (Lipinski definition) is 4. The number of piperidine rings is 1. The molecule has 1 saturated carbocycles. The Labute approximate surface area is 145 Å². The molecule has 1 aliphatic heterocycles. The molecule has 0 spiro atoms. The molecule has 2 aliphatic rings. The Morgan fingerprint density at radius 2 is 1.72 bits per heavy atom. The van der Waals surface area contributed by atoms with Crippen molar-refractivity contribution >= 4 is 11.8 Å². The van der Waals surface area contributed by atoms with E-state index in [-0.39, 0.29) is 23.6 Å². The molecule has 136 valence electrons. The van der Waals surface area contributed by atoms with Crippen LogP contribution in [0.1, 0.15) is 29.8 Å². The monoisotopic (exact) mass is 348 g/mol. The Kier molecular flexibility index (Phi) is 4.30. The van der Waals surface area contributed by atoms with Crippen LogP contribution in [0.25, 0.3) is 0 Å². The van der Waals surface area contributed by atoms with Gasteiger partial charge in [-0.05, 0) is 24.7 Å². The maximum Gasteiger partial charge on any atom is 0.331 e. The summed E-state index contributed by atoms with van der Waals surface area (Å²) in [5, 5.41) is 0. The molecular weight excluding hydrogens is 324 g/mol. The highest BCUT2D eigenvalue weighted by molar-refractivity contribution is 5.92. The third-order valence-electron chi connectivity index (χ3n) is 5.80. The smallest absolute Gasteiger partial charge is 0.331 e. The van der Waals surface area contributed by atoms with Gasteiger partial charge in [0.05, 0.1) is 0 Å². The number of amides is 2. The average Bonchev–Trinajstić information content (AvgIpc) is 2.98. The first-order valence-corrected chi connectivity index (χ1v) is 8.49. The Balaban J connectivity index is 1.82. The minimum absolute atomic E-state index is 0.0148. The van der Waals surface area contributed by atoms with Gasteiger partial charge in [0, 0.05) is 53.3 Å². The number of rotatable bonds is 2. The van der Waals surface area contributed by atoms with Gasteiger partial charge in [-0.15, -0.1) is 0 Å². The number of likely N-dealkylation sites (tertiary alicyclic amines) is 1. The van der Waals surface area contributed by atoms with Gasteiger partial charge in [0.25, 0.3) is 11.5 Å². The van der Waals surface area contributed by atoms with Crippen LogP contribution < -0.4 is 11.2 Å². The van der Waals surface area contributed by atoms with Gasteiger partial charge in [0.15, 0.2) is 0 Å². The Morgan fingerprint density at radius 3 is 2.40 bits per heavy atom. The molecular formula is C17H24N4O4. The Morgan fingerprint density at radius 1 is 1.08 bits per heavy atom. The molecule has 0 unspecified atom stereocenters. The number of aromatic nitrogens is 2. The van der Waals surface area contributed by atoms with Gasteiger partial charge in [-0.25, -0.2) is 4.79 Å². The minimum atomic E-state index is -0.517. The van der Waals surface area contributed by atoms with E-state index in [2.05, 4.69) is 0 Å². The van der Waals surface area contributed by atoms with E-state index in [9.17, 15) is 19.2 Å². The normalized spacial score (nSPS) is 25.8. The van der Waals surface area contributed by atoms with Gasteiger partial charge in [0.1, 0.15) is 5.69 Å². The van der Waals surface area contributed by atoms with Crippen molar-refractivity contribution in [3.63, 3.8) is 0 Å². The molecule has 1 aliphatic carbocycles. The number of carbonyl (C=O) groups is 2. The first-order chi connectivity index (χ1) is 11.7. The minimum Gasteiger partial charge on any atom is -0.345 e. The van der Waals surface area contributed by atoms with Crippen molar-refractivity contribution in [2.45, 2.75) is 25.3 Å². The summed E-state index contributed by atoms with van der Waals surface area (Å²) >= 11 is 0. The van der Waals surface area contributed by atoms with E-state index in [4.69, 9.17) is 0 Å². The fraction of sp³-hybridized carbons (Fsp3) is 0.647. The van der Waals surface area contributed by atoms with E-state index in [1.165, 1.54) is 24.7 Å². The molecule has 2 heterocycles. The van der Waals surface area contributed by atoms with Crippen molar-refractivity contribution in [1.29, 1.82) is 0 Å². The van der Waals surface area contributed by atoms with E-state index < -0.39 is 11.2 Å². The summed E-state index contributed by atoms with van der Waals surface area (Å²) in [5.74, 6) is 0.525. The molecule has 0 radical (unpaired) electrons. The van der Waals surface area contributed by atoms with Gasteiger partial charge in [0.2, 0.25) is 5.91 Å². The molecule has 0 aromatic carbocycles. The van der Waals surface area contributed by atoms with Gasteiger partial charge in [-0.3, -0.25) is 23.5 Å². The Hall–Kier alpha value is -2.38. The van der Waals surface area contributed by atoms with E-state index in [1.807, 2.05) is 7.05 Å². The Bertz CT molecular complexity index is 840. The van der Waals surface area contributed by atoms with Gasteiger partial charge in [-0.1, -0.05) is 0 Å². The second kappa shape index (κ2) is 6.16. The second-order valence-corrected chi connectivity index (χ2v) is 7.31. The summed E-state index contributed by atoms with van der Waals surface area (Å²) in [6, 6.07) is 1.22. The molecule has 3 atom stereocenters. The van der Waals surface area contributed by atoms with Crippen LogP contribution in [0, 0.1) is 11.8 Å². The van der Waals surface area contributed by atoms with Crippen LogP contribution in [-0.4, -0.2) is 57.4 Å². The van der Waals surface area contributed by atoms with Crippen molar-refractivity contribution in [3.8, 4) is 0 Å². The van der Waals surface area contributed by atoms with Gasteiger partial charge < -0.3 is 9.80 Å². The van der Waals surface area contributed by atoms with Crippen LogP contribution in [0.15, 0.2) is 15.7 Å². The van der Waals surface area contributed by atoms with Crippen LogP contribution in [-0.2, 0) is 18.9 Å². The molecule has 25 heavy (non-hydrogen) atoms. The summed E-state index contributed by atoms with van der Waals surface area (Å²) in [6.07, 6.45) is 2.15. The van der Waals surface area contributed by atoms with Crippen LogP contribution >= 0.6 is 0 Å². The largest absolute Gasteiger partial charge is 0.345 e. The van der Waals surface area contributed by atoms with E-state index in [1.54, 1.807) is 16.8 Å². The maximum atomic E-state index is 12.8. The highest BCUT2D eigenvalue weighted by Gasteiger charge is 2.42. The zero-order chi connectivity index (χ0) is 18.5. The molecule has 1 aromatic rings. The highest BCUT2D eigenvalue weighted by Crippen LogP contribution is 2.40. The summed E-state index contributed by atoms with van der Waals surface area (Å²) in [7, 11) is 6.40. The molecule has 2 fully saturated rings. The number of fused-ring (bicyclic) bond motifs is 1. The number of carbonyl (C=O) groups excluding carboxylic acids is 2. The zero-order valence-corrected chi connectivity index (χ0v) is 15.1. The summed E-state index contributed by atoms with van der Waals surface area (Å²) in [4.78, 5) is 52.0. The predicted molar refractivity (Wildman–Crippen MR) is 91.3 cm³/mol. The summed E-state index contributed by atoms with van der Waals surface area (Å²) in [5.41, 5.74) is -0.914. The first kappa shape index (κ1) is 17.4. The van der Waals surface area contributed by atoms with Gasteiger partial charge >= 0.3 is 5.69 Å².